The summed E-state index contributed by atoms with van der Waals surface area (Å²) < 4.78 is 17.2. The lowest BCUT2D eigenvalue weighted by Gasteiger charge is -2.44. The quantitative estimate of drug-likeness (QED) is 0.372. The zero-order valence-electron chi connectivity index (χ0n) is 20.5. The Bertz CT molecular complexity index is 883. The smallest absolute Gasteiger partial charge is 0.434 e. The minimum Gasteiger partial charge on any atom is -0.458 e. The lowest BCUT2D eigenvalue weighted by atomic mass is 10.1. The Kier molecular flexibility index (Phi) is 7.23. The van der Waals surface area contributed by atoms with Crippen molar-refractivity contribution in [2.24, 2.45) is 0 Å². The van der Waals surface area contributed by atoms with Gasteiger partial charge in [-0.3, -0.25) is 14.4 Å². The van der Waals surface area contributed by atoms with Crippen molar-refractivity contribution < 1.29 is 33.4 Å². The molecule has 0 radical (unpaired) electrons. The molecule has 1 amide bonds. The number of benzene rings is 1. The summed E-state index contributed by atoms with van der Waals surface area (Å²) >= 11 is 0. The molecule has 8 nitrogen and oxygen atoms in total. The van der Waals surface area contributed by atoms with Gasteiger partial charge in [0.2, 0.25) is 0 Å². The van der Waals surface area contributed by atoms with Gasteiger partial charge < -0.3 is 14.2 Å². The number of esters is 2. The largest absolute Gasteiger partial charge is 0.458 e. The molecule has 2 saturated heterocycles. The van der Waals surface area contributed by atoms with E-state index in [1.54, 1.807) is 20.8 Å². The summed E-state index contributed by atoms with van der Waals surface area (Å²) in [4.78, 5) is 43.6. The lowest BCUT2D eigenvalue weighted by Crippen LogP contribution is -2.59. The summed E-state index contributed by atoms with van der Waals surface area (Å²) in [6.45, 7) is 12.4. The number of hydrogen-bond donors (Lipinski definition) is 0. The monoisotopic (exact) mass is 477 g/mol. The van der Waals surface area contributed by atoms with Gasteiger partial charge in [0.15, 0.2) is 6.10 Å². The Morgan fingerprint density at radius 2 is 1.55 bits per heavy atom. The van der Waals surface area contributed by atoms with Gasteiger partial charge in [-0.25, -0.2) is 4.79 Å². The number of hydroxylamine groups is 2. The summed E-state index contributed by atoms with van der Waals surface area (Å²) in [5.41, 5.74) is -1.01. The molecule has 1 saturated carbocycles. The molecule has 0 aromatic heterocycles. The molecule has 2 heterocycles. The van der Waals surface area contributed by atoms with Crippen molar-refractivity contribution in [2.45, 2.75) is 96.1 Å². The maximum Gasteiger partial charge on any atom is 0.434 e. The van der Waals surface area contributed by atoms with E-state index in [1.807, 2.05) is 18.2 Å². The van der Waals surface area contributed by atoms with E-state index in [0.717, 1.165) is 5.19 Å². The fourth-order valence-electron chi connectivity index (χ4n) is 5.02. The first kappa shape index (κ1) is 25.2. The van der Waals surface area contributed by atoms with Gasteiger partial charge in [0.25, 0.3) is 0 Å². The van der Waals surface area contributed by atoms with E-state index >= 15 is 0 Å². The van der Waals surface area contributed by atoms with Crippen LogP contribution in [-0.4, -0.2) is 61.1 Å². The summed E-state index contributed by atoms with van der Waals surface area (Å²) in [6, 6.07) is 9.63. The summed E-state index contributed by atoms with van der Waals surface area (Å²) in [6.07, 6.45) is -1.62. The predicted octanol–water partition coefficient (Wildman–Crippen LogP) is 3.55. The van der Waals surface area contributed by atoms with Gasteiger partial charge in [-0.05, 0) is 33.6 Å². The molecular weight excluding hydrogens is 442 g/mol. The van der Waals surface area contributed by atoms with Gasteiger partial charge >= 0.3 is 18.0 Å². The van der Waals surface area contributed by atoms with Crippen LogP contribution in [0.25, 0.3) is 0 Å². The molecule has 3 fully saturated rings. The highest BCUT2D eigenvalue weighted by molar-refractivity contribution is 6.91. The summed E-state index contributed by atoms with van der Waals surface area (Å²) in [5, 5.41) is 2.45. The number of fused-ring (bicyclic) bond motifs is 4. The van der Waals surface area contributed by atoms with Crippen LogP contribution in [0.5, 0.6) is 0 Å². The molecule has 33 heavy (non-hydrogen) atoms. The Balaban J connectivity index is 2.14. The van der Waals surface area contributed by atoms with Crippen LogP contribution in [0, 0.1) is 0 Å². The van der Waals surface area contributed by atoms with Crippen molar-refractivity contribution in [3.63, 3.8) is 0 Å². The normalized spacial score (nSPS) is 27.5. The van der Waals surface area contributed by atoms with Crippen LogP contribution < -0.4 is 5.19 Å². The molecule has 182 valence electrons. The molecule has 2 bridgehead atoms. The van der Waals surface area contributed by atoms with Crippen LogP contribution in [0.4, 0.5) is 4.79 Å². The van der Waals surface area contributed by atoms with E-state index in [2.05, 4.69) is 25.2 Å². The molecule has 1 aromatic carbocycles. The van der Waals surface area contributed by atoms with Gasteiger partial charge in [0.05, 0.1) is 14.1 Å². The van der Waals surface area contributed by atoms with Crippen LogP contribution in [0.15, 0.2) is 30.3 Å². The van der Waals surface area contributed by atoms with E-state index in [9.17, 15) is 14.4 Å². The maximum atomic E-state index is 13.2. The molecule has 1 aliphatic carbocycles. The van der Waals surface area contributed by atoms with Crippen LogP contribution in [0.2, 0.25) is 18.6 Å². The number of amides is 1. The van der Waals surface area contributed by atoms with Crippen LogP contribution in [0.3, 0.4) is 0 Å². The molecule has 0 N–H and O–H groups in total. The van der Waals surface area contributed by atoms with Crippen molar-refractivity contribution in [3.05, 3.63) is 30.3 Å². The van der Waals surface area contributed by atoms with E-state index in [0.29, 0.717) is 12.8 Å². The number of hydrogen-bond acceptors (Lipinski definition) is 7. The highest BCUT2D eigenvalue weighted by Crippen LogP contribution is 2.46. The molecule has 5 atom stereocenters. The Hall–Kier alpha value is -2.39. The second-order valence-electron chi connectivity index (χ2n) is 10.4. The van der Waals surface area contributed by atoms with E-state index < -0.39 is 56.1 Å². The van der Waals surface area contributed by atoms with Crippen molar-refractivity contribution in [2.75, 3.05) is 0 Å². The third kappa shape index (κ3) is 5.58. The number of carbonyl (C=O) groups excluding carboxylic acids is 3. The molecule has 3 aliphatic rings. The molecule has 2 aliphatic heterocycles. The van der Waals surface area contributed by atoms with E-state index in [1.165, 1.54) is 18.9 Å². The number of rotatable bonds is 4. The average molecular weight is 478 g/mol. The zero-order chi connectivity index (χ0) is 24.6. The van der Waals surface area contributed by atoms with Gasteiger partial charge in [0.1, 0.15) is 17.8 Å². The van der Waals surface area contributed by atoms with E-state index in [4.69, 9.17) is 19.0 Å². The third-order valence-corrected chi connectivity index (χ3v) is 10.5. The topological polar surface area (TPSA) is 91.4 Å². The predicted molar refractivity (Wildman–Crippen MR) is 124 cm³/mol. The third-order valence-electron chi connectivity index (χ3n) is 6.28. The van der Waals surface area contributed by atoms with Crippen LogP contribution in [0.1, 0.15) is 47.5 Å². The second-order valence-corrected chi connectivity index (χ2v) is 15.0. The van der Waals surface area contributed by atoms with Crippen molar-refractivity contribution >= 4 is 31.3 Å². The van der Waals surface area contributed by atoms with E-state index in [-0.39, 0.29) is 5.54 Å². The molecule has 4 rings (SSSR count). The first-order chi connectivity index (χ1) is 15.3. The number of ether oxygens (including phenoxy) is 3. The van der Waals surface area contributed by atoms with Crippen LogP contribution >= 0.6 is 0 Å². The molecule has 9 heteroatoms. The molecule has 0 unspecified atom stereocenters. The SMILES string of the molecule is CC(=O)O[C@@H]1[C@H](OC(C)=O)[C@@H]2CC[C@H]([C@H]1[Si](C)(C)c1ccccc1)N(C(=O)OC(C)(C)C)O2. The fourth-order valence-corrected chi connectivity index (χ4v) is 8.80. The lowest BCUT2D eigenvalue weighted by molar-refractivity contribution is -0.241. The minimum atomic E-state index is -2.44. The Morgan fingerprint density at radius 1 is 0.970 bits per heavy atom. The first-order valence-corrected chi connectivity index (χ1v) is 14.5. The Morgan fingerprint density at radius 3 is 2.09 bits per heavy atom. The zero-order valence-corrected chi connectivity index (χ0v) is 21.5. The van der Waals surface area contributed by atoms with Gasteiger partial charge in [0, 0.05) is 19.4 Å². The van der Waals surface area contributed by atoms with Gasteiger partial charge in [-0.1, -0.05) is 48.6 Å². The fraction of sp³-hybridized carbons (Fsp3) is 0.625. The second kappa shape index (κ2) is 9.46. The molecule has 1 aromatic rings. The number of carbonyl (C=O) groups is 3. The molecule has 0 spiro atoms. The van der Waals surface area contributed by atoms with Crippen LogP contribution in [-0.2, 0) is 28.6 Å². The highest BCUT2D eigenvalue weighted by Gasteiger charge is 2.59. The number of nitrogens with zero attached hydrogens (tertiary/aromatic N) is 1. The van der Waals surface area contributed by atoms with Gasteiger partial charge in [-0.2, -0.15) is 5.06 Å². The standard InChI is InChI=1S/C24H35NO7Si/c1-15(26)29-20-19-14-13-18(25(32-19)23(28)31-24(3,4)5)22(21(20)30-16(2)27)33(6,7)17-11-9-8-10-12-17/h8-12,18-22H,13-14H2,1-7H3/t18-,19+,20-,21-,22-/m1/s1. The highest BCUT2D eigenvalue weighted by atomic mass is 28.3. The maximum absolute atomic E-state index is 13.2. The minimum absolute atomic E-state index is 0.298. The molecular formula is C24H35NO7Si. The van der Waals surface area contributed by atoms with Crippen molar-refractivity contribution in [1.29, 1.82) is 0 Å². The summed E-state index contributed by atoms with van der Waals surface area (Å²) in [7, 11) is -2.44. The van der Waals surface area contributed by atoms with Crippen molar-refractivity contribution in [3.8, 4) is 0 Å². The summed E-state index contributed by atoms with van der Waals surface area (Å²) in [5.74, 6) is -0.960. The average Bonchev–Trinajstić information content (AvgIpc) is 2.91. The van der Waals surface area contributed by atoms with Crippen molar-refractivity contribution in [1.82, 2.24) is 5.06 Å². The van der Waals surface area contributed by atoms with Gasteiger partial charge in [-0.15, -0.1) is 0 Å². The first-order valence-electron chi connectivity index (χ1n) is 11.4. The Labute approximate surface area is 196 Å².